The molecule has 78 valence electrons. The summed E-state index contributed by atoms with van der Waals surface area (Å²) in [5.74, 6) is 0.718. The maximum absolute atomic E-state index is 4.97. The van der Waals surface area contributed by atoms with Crippen molar-refractivity contribution >= 4 is 0 Å². The summed E-state index contributed by atoms with van der Waals surface area (Å²) in [6, 6.07) is 0.500. The van der Waals surface area contributed by atoms with E-state index in [1.165, 1.54) is 32.1 Å². The van der Waals surface area contributed by atoms with Crippen molar-refractivity contribution in [2.45, 2.75) is 71.4 Å². The SMILES string of the molecule is CC(C)[N-]C1(C(C)C)CCCCC1.[Li+]. The second kappa shape index (κ2) is 6.21. The number of nitrogens with zero attached hydrogens (tertiary/aromatic N) is 1. The molecule has 0 atom stereocenters. The molecule has 0 spiro atoms. The van der Waals surface area contributed by atoms with Gasteiger partial charge in [-0.25, -0.2) is 0 Å². The standard InChI is InChI=1S/C12H24N.Li/c1-10(2)12(13-11(3)4)8-6-5-7-9-12;/h10-11H,5-9H2,1-4H3;/q-1;+1. The predicted molar refractivity (Wildman–Crippen MR) is 59.1 cm³/mol. The molecule has 1 aliphatic rings. The van der Waals surface area contributed by atoms with Crippen LogP contribution in [0.5, 0.6) is 0 Å². The molecule has 0 saturated heterocycles. The number of hydrogen-bond acceptors (Lipinski definition) is 0. The average Bonchev–Trinajstić information content (AvgIpc) is 2.04. The first-order valence-corrected chi connectivity index (χ1v) is 5.79. The van der Waals surface area contributed by atoms with Gasteiger partial charge < -0.3 is 5.32 Å². The third-order valence-electron chi connectivity index (χ3n) is 3.31. The maximum Gasteiger partial charge on any atom is 1.00 e. The zero-order chi connectivity index (χ0) is 9.90. The van der Waals surface area contributed by atoms with E-state index >= 15 is 0 Å². The Morgan fingerprint density at radius 3 is 1.79 bits per heavy atom. The molecule has 1 rings (SSSR count). The van der Waals surface area contributed by atoms with E-state index in [9.17, 15) is 0 Å². The van der Waals surface area contributed by atoms with Gasteiger partial charge in [0.2, 0.25) is 0 Å². The minimum Gasteiger partial charge on any atom is -0.654 e. The summed E-state index contributed by atoms with van der Waals surface area (Å²) in [5.41, 5.74) is 0.326. The van der Waals surface area contributed by atoms with Gasteiger partial charge in [0.15, 0.2) is 0 Å². The normalized spacial score (nSPS) is 21.0. The summed E-state index contributed by atoms with van der Waals surface area (Å²) in [4.78, 5) is 0. The molecule has 1 aliphatic carbocycles. The molecular formula is C12H24LiN. The fraction of sp³-hybridized carbons (Fsp3) is 1.00. The largest absolute Gasteiger partial charge is 1.00 e. The zero-order valence-corrected chi connectivity index (χ0v) is 10.6. The van der Waals surface area contributed by atoms with Crippen molar-refractivity contribution in [2.75, 3.05) is 0 Å². The van der Waals surface area contributed by atoms with Gasteiger partial charge in [0, 0.05) is 0 Å². The molecule has 0 heterocycles. The average molecular weight is 189 g/mol. The maximum atomic E-state index is 4.97. The Bertz CT molecular complexity index is 148. The Morgan fingerprint density at radius 2 is 1.43 bits per heavy atom. The summed E-state index contributed by atoms with van der Waals surface area (Å²) in [6.45, 7) is 9.08. The van der Waals surface area contributed by atoms with Gasteiger partial charge in [-0.1, -0.05) is 65.7 Å². The van der Waals surface area contributed by atoms with Crippen LogP contribution in [-0.4, -0.2) is 11.6 Å². The van der Waals surface area contributed by atoms with Gasteiger partial charge >= 0.3 is 18.9 Å². The van der Waals surface area contributed by atoms with Crippen molar-refractivity contribution in [3.05, 3.63) is 5.32 Å². The smallest absolute Gasteiger partial charge is 0.654 e. The molecule has 1 saturated carbocycles. The van der Waals surface area contributed by atoms with E-state index in [4.69, 9.17) is 5.32 Å². The third-order valence-corrected chi connectivity index (χ3v) is 3.31. The van der Waals surface area contributed by atoms with Crippen LogP contribution < -0.4 is 18.9 Å². The van der Waals surface area contributed by atoms with E-state index in [-0.39, 0.29) is 18.9 Å². The van der Waals surface area contributed by atoms with Crippen LogP contribution in [0.25, 0.3) is 5.32 Å². The van der Waals surface area contributed by atoms with Crippen LogP contribution in [0.2, 0.25) is 0 Å². The second-order valence-corrected chi connectivity index (χ2v) is 5.04. The summed E-state index contributed by atoms with van der Waals surface area (Å²) < 4.78 is 0. The van der Waals surface area contributed by atoms with E-state index in [2.05, 4.69) is 27.7 Å². The summed E-state index contributed by atoms with van der Waals surface area (Å²) in [5, 5.41) is 4.97. The van der Waals surface area contributed by atoms with Crippen LogP contribution in [0.3, 0.4) is 0 Å². The van der Waals surface area contributed by atoms with Crippen LogP contribution in [0, 0.1) is 5.92 Å². The first-order chi connectivity index (χ1) is 6.07. The van der Waals surface area contributed by atoms with Gasteiger partial charge in [-0.2, -0.15) is 0 Å². The Labute approximate surface area is 102 Å². The summed E-state index contributed by atoms with van der Waals surface area (Å²) in [6.07, 6.45) is 6.83. The van der Waals surface area contributed by atoms with E-state index in [1.807, 2.05) is 0 Å². The quantitative estimate of drug-likeness (QED) is 0.591. The Hall–Kier alpha value is 0.557. The molecule has 14 heavy (non-hydrogen) atoms. The fourth-order valence-electron chi connectivity index (χ4n) is 2.53. The van der Waals surface area contributed by atoms with Crippen LogP contribution in [-0.2, 0) is 0 Å². The Balaban J connectivity index is 0.00000169. The van der Waals surface area contributed by atoms with Crippen LogP contribution in [0.4, 0.5) is 0 Å². The van der Waals surface area contributed by atoms with Gasteiger partial charge in [0.1, 0.15) is 0 Å². The molecule has 0 unspecified atom stereocenters. The minimum absolute atomic E-state index is 0. The van der Waals surface area contributed by atoms with E-state index in [0.29, 0.717) is 11.6 Å². The summed E-state index contributed by atoms with van der Waals surface area (Å²) in [7, 11) is 0. The monoisotopic (exact) mass is 189 g/mol. The number of hydrogen-bond donors (Lipinski definition) is 0. The molecule has 0 bridgehead atoms. The van der Waals surface area contributed by atoms with Gasteiger partial charge in [0.05, 0.1) is 0 Å². The second-order valence-electron chi connectivity index (χ2n) is 5.04. The van der Waals surface area contributed by atoms with Gasteiger partial charge in [-0.15, -0.1) is 11.6 Å². The van der Waals surface area contributed by atoms with Crippen LogP contribution in [0.1, 0.15) is 59.8 Å². The fourth-order valence-corrected chi connectivity index (χ4v) is 2.53. The van der Waals surface area contributed by atoms with Crippen molar-refractivity contribution < 1.29 is 18.9 Å². The van der Waals surface area contributed by atoms with Crippen LogP contribution >= 0.6 is 0 Å². The van der Waals surface area contributed by atoms with E-state index < -0.39 is 0 Å². The van der Waals surface area contributed by atoms with Crippen molar-refractivity contribution in [3.63, 3.8) is 0 Å². The van der Waals surface area contributed by atoms with Crippen molar-refractivity contribution in [3.8, 4) is 0 Å². The first-order valence-electron chi connectivity index (χ1n) is 5.79. The zero-order valence-electron chi connectivity index (χ0n) is 10.6. The Kier molecular flexibility index (Phi) is 6.46. The molecule has 0 aromatic heterocycles. The summed E-state index contributed by atoms with van der Waals surface area (Å²) >= 11 is 0. The molecular weight excluding hydrogens is 165 g/mol. The molecule has 0 aromatic rings. The van der Waals surface area contributed by atoms with Crippen molar-refractivity contribution in [2.24, 2.45) is 5.92 Å². The molecule has 2 heteroatoms. The number of rotatable bonds is 3. The van der Waals surface area contributed by atoms with E-state index in [0.717, 1.165) is 5.92 Å². The van der Waals surface area contributed by atoms with E-state index in [1.54, 1.807) is 0 Å². The first kappa shape index (κ1) is 14.6. The van der Waals surface area contributed by atoms with Gasteiger partial charge in [-0.05, 0) is 0 Å². The van der Waals surface area contributed by atoms with Crippen molar-refractivity contribution in [1.29, 1.82) is 0 Å². The minimum atomic E-state index is 0. The van der Waals surface area contributed by atoms with Crippen LogP contribution in [0.15, 0.2) is 0 Å². The topological polar surface area (TPSA) is 14.1 Å². The predicted octanol–water partition coefficient (Wildman–Crippen LogP) is 1.13. The molecule has 1 fully saturated rings. The molecule has 1 nitrogen and oxygen atoms in total. The van der Waals surface area contributed by atoms with Gasteiger partial charge in [0.25, 0.3) is 0 Å². The Morgan fingerprint density at radius 1 is 0.929 bits per heavy atom. The molecule has 0 amide bonds. The molecule has 0 aliphatic heterocycles. The third kappa shape index (κ3) is 3.61. The van der Waals surface area contributed by atoms with Gasteiger partial charge in [-0.3, -0.25) is 0 Å². The molecule has 0 radical (unpaired) electrons. The van der Waals surface area contributed by atoms with Crippen molar-refractivity contribution in [1.82, 2.24) is 0 Å². The molecule has 0 aromatic carbocycles. The molecule has 0 N–H and O–H groups in total.